The van der Waals surface area contributed by atoms with Gasteiger partial charge in [0.05, 0.1) is 6.04 Å². The van der Waals surface area contributed by atoms with Crippen LogP contribution < -0.4 is 4.72 Å². The van der Waals surface area contributed by atoms with Crippen LogP contribution in [0.15, 0.2) is 48.5 Å². The SMILES string of the molecule is O=C(c1ccccc1C(NS(=O)C(F)(F)C(F)(F)C(F)(F)C(F)(F)F)c1ccccc1F)N1CCCC1. The predicted octanol–water partition coefficient (Wildman–Crippen LogP) is 5.83. The van der Waals surface area contributed by atoms with Crippen LogP contribution in [0.4, 0.5) is 43.9 Å². The van der Waals surface area contributed by atoms with E-state index in [0.717, 1.165) is 24.3 Å². The van der Waals surface area contributed by atoms with Crippen molar-refractivity contribution in [2.24, 2.45) is 0 Å². The molecule has 0 aromatic heterocycles. The highest BCUT2D eigenvalue weighted by Crippen LogP contribution is 2.54. The lowest BCUT2D eigenvalue weighted by atomic mass is 9.94. The fraction of sp³-hybridized carbons (Fsp3) is 0.409. The third-order valence-corrected chi connectivity index (χ3v) is 6.86. The minimum Gasteiger partial charge on any atom is -0.339 e. The summed E-state index contributed by atoms with van der Waals surface area (Å²) in [5.74, 6) is -16.3. The van der Waals surface area contributed by atoms with Crippen LogP contribution in [-0.2, 0) is 11.0 Å². The number of alkyl halides is 9. The van der Waals surface area contributed by atoms with Crippen molar-refractivity contribution in [1.82, 2.24) is 9.62 Å². The highest BCUT2D eigenvalue weighted by atomic mass is 32.2. The zero-order valence-corrected chi connectivity index (χ0v) is 19.3. The zero-order chi connectivity index (χ0) is 27.8. The molecular formula is C22H18F10N2O2S. The van der Waals surface area contributed by atoms with Gasteiger partial charge < -0.3 is 4.90 Å². The molecule has 2 aromatic rings. The van der Waals surface area contributed by atoms with Gasteiger partial charge >= 0.3 is 23.3 Å². The number of carbonyl (C=O) groups excluding carboxylic acids is 1. The van der Waals surface area contributed by atoms with E-state index in [-0.39, 0.29) is 11.1 Å². The molecular weight excluding hydrogens is 546 g/mol. The van der Waals surface area contributed by atoms with Crippen LogP contribution in [-0.4, -0.2) is 51.4 Å². The summed E-state index contributed by atoms with van der Waals surface area (Å²) in [5, 5.41) is -6.50. The summed E-state index contributed by atoms with van der Waals surface area (Å²) < 4.78 is 149. The Bertz CT molecular complexity index is 1170. The predicted molar refractivity (Wildman–Crippen MR) is 112 cm³/mol. The van der Waals surface area contributed by atoms with E-state index in [4.69, 9.17) is 0 Å². The average Bonchev–Trinajstić information content (AvgIpc) is 3.36. The number of halogens is 10. The van der Waals surface area contributed by atoms with E-state index in [1.54, 1.807) is 0 Å². The highest BCUT2D eigenvalue weighted by molar-refractivity contribution is 7.84. The Labute approximate surface area is 206 Å². The van der Waals surface area contributed by atoms with Gasteiger partial charge in [0.2, 0.25) is 0 Å². The zero-order valence-electron chi connectivity index (χ0n) is 18.5. The van der Waals surface area contributed by atoms with Gasteiger partial charge in [-0.3, -0.25) is 4.79 Å². The summed E-state index contributed by atoms with van der Waals surface area (Å²) in [6, 6.07) is 6.86. The summed E-state index contributed by atoms with van der Waals surface area (Å²) in [6.45, 7) is 0.626. The number of benzene rings is 2. The number of carbonyl (C=O) groups is 1. The quantitative estimate of drug-likeness (QED) is 0.411. The number of hydrogen-bond acceptors (Lipinski definition) is 2. The molecule has 1 N–H and O–H groups in total. The molecule has 1 amide bonds. The van der Waals surface area contributed by atoms with Gasteiger partial charge in [-0.2, -0.15) is 39.5 Å². The maximum absolute atomic E-state index is 14.6. The van der Waals surface area contributed by atoms with Gasteiger partial charge in [0, 0.05) is 24.2 Å². The van der Waals surface area contributed by atoms with Crippen LogP contribution >= 0.6 is 0 Å². The van der Waals surface area contributed by atoms with E-state index < -0.39 is 57.6 Å². The first-order chi connectivity index (χ1) is 17.0. The molecule has 0 bridgehead atoms. The van der Waals surface area contributed by atoms with Crippen molar-refractivity contribution in [3.63, 3.8) is 0 Å². The Morgan fingerprint density at radius 3 is 1.86 bits per heavy atom. The van der Waals surface area contributed by atoms with Gasteiger partial charge in [0.25, 0.3) is 5.91 Å². The number of nitrogens with one attached hydrogen (secondary N) is 1. The Morgan fingerprint density at radius 1 is 0.811 bits per heavy atom. The van der Waals surface area contributed by atoms with E-state index in [2.05, 4.69) is 0 Å². The lowest BCUT2D eigenvalue weighted by molar-refractivity contribution is -0.381. The van der Waals surface area contributed by atoms with Crippen LogP contribution in [0.25, 0.3) is 0 Å². The number of amides is 1. The Hall–Kier alpha value is -2.68. The van der Waals surface area contributed by atoms with Gasteiger partial charge in [-0.05, 0) is 30.5 Å². The second-order valence-electron chi connectivity index (χ2n) is 8.09. The van der Waals surface area contributed by atoms with Crippen LogP contribution in [0.2, 0.25) is 0 Å². The normalized spacial score (nSPS) is 17.1. The maximum Gasteiger partial charge on any atom is 0.460 e. The van der Waals surface area contributed by atoms with Gasteiger partial charge in [-0.25, -0.2) is 13.3 Å². The molecule has 0 spiro atoms. The molecule has 0 radical (unpaired) electrons. The molecule has 2 atom stereocenters. The van der Waals surface area contributed by atoms with Crippen molar-refractivity contribution in [2.45, 2.75) is 42.2 Å². The maximum atomic E-state index is 14.6. The van der Waals surface area contributed by atoms with Crippen molar-refractivity contribution in [2.75, 3.05) is 13.1 Å². The third kappa shape index (κ3) is 5.19. The van der Waals surface area contributed by atoms with Crippen molar-refractivity contribution >= 4 is 16.9 Å². The second kappa shape index (κ2) is 10.2. The van der Waals surface area contributed by atoms with E-state index in [9.17, 15) is 52.9 Å². The monoisotopic (exact) mass is 564 g/mol. The molecule has 3 rings (SSSR count). The topological polar surface area (TPSA) is 49.4 Å². The average molecular weight is 564 g/mol. The molecule has 2 unspecified atom stereocenters. The van der Waals surface area contributed by atoms with Crippen LogP contribution in [0.5, 0.6) is 0 Å². The molecule has 204 valence electrons. The lowest BCUT2D eigenvalue weighted by Crippen LogP contribution is -2.63. The Kier molecular flexibility index (Phi) is 7.99. The van der Waals surface area contributed by atoms with Crippen molar-refractivity contribution in [1.29, 1.82) is 0 Å². The first kappa shape index (κ1) is 28.9. The molecule has 1 heterocycles. The third-order valence-electron chi connectivity index (χ3n) is 5.69. The van der Waals surface area contributed by atoms with Crippen molar-refractivity contribution < 1.29 is 52.9 Å². The van der Waals surface area contributed by atoms with Crippen molar-refractivity contribution in [3.8, 4) is 0 Å². The first-order valence-corrected chi connectivity index (χ1v) is 11.7. The number of likely N-dealkylation sites (tertiary alicyclic amines) is 1. The summed E-state index contributed by atoms with van der Waals surface area (Å²) in [6.07, 6.45) is -5.83. The number of nitrogens with zero attached hydrogens (tertiary/aromatic N) is 1. The number of rotatable bonds is 8. The van der Waals surface area contributed by atoms with E-state index in [1.807, 2.05) is 0 Å². The van der Waals surface area contributed by atoms with Gasteiger partial charge in [-0.1, -0.05) is 36.4 Å². The molecule has 1 fully saturated rings. The molecule has 15 heteroatoms. The Morgan fingerprint density at radius 2 is 1.32 bits per heavy atom. The molecule has 1 aliphatic heterocycles. The molecule has 4 nitrogen and oxygen atoms in total. The summed E-state index contributed by atoms with van der Waals surface area (Å²) >= 11 is 0. The molecule has 2 aromatic carbocycles. The highest BCUT2D eigenvalue weighted by Gasteiger charge is 2.83. The van der Waals surface area contributed by atoms with Gasteiger partial charge in [-0.15, -0.1) is 0 Å². The Balaban J connectivity index is 2.09. The largest absolute Gasteiger partial charge is 0.460 e. The van der Waals surface area contributed by atoms with E-state index in [0.29, 0.717) is 25.9 Å². The summed E-state index contributed by atoms with van der Waals surface area (Å²) in [4.78, 5) is 14.4. The first-order valence-electron chi connectivity index (χ1n) is 10.5. The standard InChI is InChI=1S/C22H18F10N2O2S/c23-16-10-4-3-9-15(16)17(13-7-1-2-8-14(13)18(35)34-11-5-6-12-34)33-37(36)22(31,32)20(26,27)19(24,25)21(28,29)30/h1-4,7-10,17,33H,5-6,11-12H2. The van der Waals surface area contributed by atoms with Gasteiger partial charge in [0.15, 0.2) is 11.0 Å². The fourth-order valence-electron chi connectivity index (χ4n) is 3.70. The lowest BCUT2D eigenvalue weighted by Gasteiger charge is -2.34. The van der Waals surface area contributed by atoms with Gasteiger partial charge in [0.1, 0.15) is 5.82 Å². The molecule has 0 aliphatic carbocycles. The summed E-state index contributed by atoms with van der Waals surface area (Å²) in [7, 11) is -4.65. The molecule has 0 saturated carbocycles. The number of hydrogen-bond donors (Lipinski definition) is 1. The minimum absolute atomic E-state index is 0.238. The van der Waals surface area contributed by atoms with Crippen LogP contribution in [0, 0.1) is 5.82 Å². The molecule has 1 saturated heterocycles. The van der Waals surface area contributed by atoms with Crippen LogP contribution in [0.3, 0.4) is 0 Å². The minimum atomic E-state index is -7.27. The van der Waals surface area contributed by atoms with Crippen molar-refractivity contribution in [3.05, 3.63) is 71.0 Å². The fourth-order valence-corrected chi connectivity index (χ4v) is 4.67. The second-order valence-corrected chi connectivity index (χ2v) is 9.38. The smallest absolute Gasteiger partial charge is 0.339 e. The van der Waals surface area contributed by atoms with E-state index in [1.165, 1.54) is 33.9 Å². The van der Waals surface area contributed by atoms with Crippen LogP contribution in [0.1, 0.15) is 40.4 Å². The summed E-state index contributed by atoms with van der Waals surface area (Å²) in [5.41, 5.74) is -1.20. The molecule has 1 aliphatic rings. The molecule has 37 heavy (non-hydrogen) atoms. The van der Waals surface area contributed by atoms with E-state index >= 15 is 0 Å².